The Labute approximate surface area is 122 Å². The number of aromatic amines is 1. The van der Waals surface area contributed by atoms with Gasteiger partial charge in [-0.1, -0.05) is 31.9 Å². The van der Waals surface area contributed by atoms with Crippen LogP contribution in [0.25, 0.3) is 10.9 Å². The number of aromatic nitrogens is 1. The maximum absolute atomic E-state index is 13.0. The lowest BCUT2D eigenvalue weighted by Crippen LogP contribution is -2.27. The summed E-state index contributed by atoms with van der Waals surface area (Å²) < 4.78 is 0. The van der Waals surface area contributed by atoms with E-state index in [0.29, 0.717) is 16.5 Å². The molecular formula is C16H18N2O3. The molecule has 1 N–H and O–H groups in total. The van der Waals surface area contributed by atoms with Gasteiger partial charge < -0.3 is 4.98 Å². The summed E-state index contributed by atoms with van der Waals surface area (Å²) in [6, 6.07) is 4.88. The number of fused-ring (bicyclic) bond motifs is 1. The number of nitro benzene ring substituents is 1. The molecule has 3 rings (SSSR count). The molecule has 0 radical (unpaired) electrons. The lowest BCUT2D eigenvalue weighted by Gasteiger charge is -2.25. The summed E-state index contributed by atoms with van der Waals surface area (Å²) in [5.74, 6) is 0.134. The quantitative estimate of drug-likeness (QED) is 0.519. The van der Waals surface area contributed by atoms with E-state index in [2.05, 4.69) is 11.9 Å². The molecule has 1 aromatic heterocycles. The van der Waals surface area contributed by atoms with Crippen LogP contribution >= 0.6 is 0 Å². The van der Waals surface area contributed by atoms with Crippen LogP contribution in [0.4, 0.5) is 5.69 Å². The van der Waals surface area contributed by atoms with Gasteiger partial charge in [0.15, 0.2) is 5.78 Å². The summed E-state index contributed by atoms with van der Waals surface area (Å²) >= 11 is 0. The largest absolute Gasteiger partial charge is 0.355 e. The molecule has 1 aromatic carbocycles. The Morgan fingerprint density at radius 1 is 1.38 bits per heavy atom. The second-order valence-corrected chi connectivity index (χ2v) is 5.83. The van der Waals surface area contributed by atoms with E-state index < -0.39 is 4.92 Å². The molecule has 2 aromatic rings. The highest BCUT2D eigenvalue weighted by Crippen LogP contribution is 2.44. The Morgan fingerprint density at radius 2 is 2.10 bits per heavy atom. The summed E-state index contributed by atoms with van der Waals surface area (Å²) in [4.78, 5) is 26.5. The predicted octanol–water partition coefficient (Wildman–Crippen LogP) is 4.23. The van der Waals surface area contributed by atoms with E-state index in [1.807, 2.05) is 0 Å². The number of carbonyl (C=O) groups is 1. The number of ketones is 1. The van der Waals surface area contributed by atoms with Crippen LogP contribution in [0.1, 0.15) is 49.4 Å². The summed E-state index contributed by atoms with van der Waals surface area (Å²) in [7, 11) is 0. The minimum atomic E-state index is -0.418. The Kier molecular flexibility index (Phi) is 3.27. The van der Waals surface area contributed by atoms with E-state index in [-0.39, 0.29) is 16.9 Å². The van der Waals surface area contributed by atoms with E-state index >= 15 is 0 Å². The zero-order valence-corrected chi connectivity index (χ0v) is 12.0. The van der Waals surface area contributed by atoms with Gasteiger partial charge >= 0.3 is 0 Å². The second-order valence-electron chi connectivity index (χ2n) is 5.83. The third-order valence-corrected chi connectivity index (χ3v) is 4.85. The molecule has 1 saturated carbocycles. The molecule has 5 heteroatoms. The molecule has 0 amide bonds. The van der Waals surface area contributed by atoms with Crippen molar-refractivity contribution in [3.8, 4) is 0 Å². The van der Waals surface area contributed by atoms with Gasteiger partial charge in [0.25, 0.3) is 5.69 Å². The van der Waals surface area contributed by atoms with Crippen LogP contribution in [0, 0.1) is 15.5 Å². The lowest BCUT2D eigenvalue weighted by molar-refractivity contribution is -0.383. The van der Waals surface area contributed by atoms with Gasteiger partial charge in [-0.05, 0) is 19.3 Å². The number of Topliss-reactive ketones (excluding diaryl/α,β-unsaturated/α-hetero) is 1. The number of benzene rings is 1. The fourth-order valence-corrected chi connectivity index (χ4v) is 3.56. The number of nitro groups is 1. The van der Waals surface area contributed by atoms with Crippen molar-refractivity contribution >= 4 is 22.4 Å². The zero-order chi connectivity index (χ0) is 15.0. The smallest absolute Gasteiger partial charge is 0.293 e. The van der Waals surface area contributed by atoms with Crippen molar-refractivity contribution in [3.63, 3.8) is 0 Å². The molecule has 0 atom stereocenters. The summed E-state index contributed by atoms with van der Waals surface area (Å²) in [6.07, 6.45) is 6.47. The van der Waals surface area contributed by atoms with Gasteiger partial charge in [0.2, 0.25) is 0 Å². The molecule has 0 saturated heterocycles. The van der Waals surface area contributed by atoms with Gasteiger partial charge in [-0.3, -0.25) is 14.9 Å². The number of nitrogens with one attached hydrogen (secondary N) is 1. The van der Waals surface area contributed by atoms with E-state index in [1.165, 1.54) is 6.07 Å². The molecule has 5 nitrogen and oxygen atoms in total. The third kappa shape index (κ3) is 2.04. The minimum absolute atomic E-state index is 0.0171. The number of carbonyl (C=O) groups excluding carboxylic acids is 1. The molecule has 0 unspecified atom stereocenters. The normalized spacial score (nSPS) is 17.2. The number of hydrogen-bond acceptors (Lipinski definition) is 3. The van der Waals surface area contributed by atoms with Crippen LogP contribution in [-0.2, 0) is 0 Å². The van der Waals surface area contributed by atoms with Crippen LogP contribution < -0.4 is 0 Å². The maximum atomic E-state index is 13.0. The molecule has 21 heavy (non-hydrogen) atoms. The highest BCUT2D eigenvalue weighted by molar-refractivity contribution is 6.12. The van der Waals surface area contributed by atoms with Crippen molar-refractivity contribution in [1.29, 1.82) is 0 Å². The Balaban J connectivity index is 2.11. The minimum Gasteiger partial charge on any atom is -0.355 e. The van der Waals surface area contributed by atoms with Gasteiger partial charge in [-0.25, -0.2) is 0 Å². The fraction of sp³-hybridized carbons (Fsp3) is 0.438. The highest BCUT2D eigenvalue weighted by atomic mass is 16.6. The fourth-order valence-electron chi connectivity index (χ4n) is 3.56. The Hall–Kier alpha value is -2.17. The molecule has 1 heterocycles. The second kappa shape index (κ2) is 4.98. The average Bonchev–Trinajstić information content (AvgIpc) is 3.13. The first-order valence-corrected chi connectivity index (χ1v) is 7.38. The standard InChI is InChI=1S/C16H18N2O3/c1-2-16(8-3-4-9-16)15(19)12-10-17-14-11(12)6-5-7-13(14)18(20)21/h5-7,10,17H,2-4,8-9H2,1H3. The van der Waals surface area contributed by atoms with E-state index in [1.54, 1.807) is 18.3 Å². The van der Waals surface area contributed by atoms with Crippen molar-refractivity contribution < 1.29 is 9.72 Å². The van der Waals surface area contributed by atoms with Crippen molar-refractivity contribution in [2.45, 2.75) is 39.0 Å². The maximum Gasteiger partial charge on any atom is 0.293 e. The summed E-state index contributed by atoms with van der Waals surface area (Å²) in [5, 5.41) is 11.7. The zero-order valence-electron chi connectivity index (χ0n) is 12.0. The van der Waals surface area contributed by atoms with Crippen LogP contribution in [0.15, 0.2) is 24.4 Å². The van der Waals surface area contributed by atoms with Gasteiger partial charge in [0, 0.05) is 28.6 Å². The van der Waals surface area contributed by atoms with E-state index in [0.717, 1.165) is 32.1 Å². The number of para-hydroxylation sites is 1. The first-order chi connectivity index (χ1) is 10.1. The van der Waals surface area contributed by atoms with Crippen molar-refractivity contribution in [2.75, 3.05) is 0 Å². The molecule has 1 fully saturated rings. The first-order valence-electron chi connectivity index (χ1n) is 7.38. The van der Waals surface area contributed by atoms with Crippen molar-refractivity contribution in [2.24, 2.45) is 5.41 Å². The number of H-pyrrole nitrogens is 1. The van der Waals surface area contributed by atoms with Crippen LogP contribution in [-0.4, -0.2) is 15.7 Å². The third-order valence-electron chi connectivity index (χ3n) is 4.85. The van der Waals surface area contributed by atoms with Crippen molar-refractivity contribution in [1.82, 2.24) is 4.98 Å². The van der Waals surface area contributed by atoms with E-state index in [4.69, 9.17) is 0 Å². The van der Waals surface area contributed by atoms with Crippen LogP contribution in [0.2, 0.25) is 0 Å². The molecule has 1 aliphatic rings. The molecule has 110 valence electrons. The molecule has 0 aliphatic heterocycles. The number of rotatable bonds is 4. The number of nitrogens with zero attached hydrogens (tertiary/aromatic N) is 1. The van der Waals surface area contributed by atoms with Crippen molar-refractivity contribution in [3.05, 3.63) is 40.1 Å². The van der Waals surface area contributed by atoms with Crippen LogP contribution in [0.5, 0.6) is 0 Å². The van der Waals surface area contributed by atoms with E-state index in [9.17, 15) is 14.9 Å². The predicted molar refractivity (Wildman–Crippen MR) is 80.5 cm³/mol. The van der Waals surface area contributed by atoms with Gasteiger partial charge in [0.05, 0.1) is 4.92 Å². The molecule has 0 spiro atoms. The monoisotopic (exact) mass is 286 g/mol. The van der Waals surface area contributed by atoms with Crippen LogP contribution in [0.3, 0.4) is 0 Å². The van der Waals surface area contributed by atoms with Gasteiger partial charge in [-0.2, -0.15) is 0 Å². The Morgan fingerprint density at radius 3 is 2.71 bits per heavy atom. The number of non-ortho nitro benzene ring substituents is 1. The topological polar surface area (TPSA) is 76.0 Å². The summed E-state index contributed by atoms with van der Waals surface area (Å²) in [6.45, 7) is 2.06. The molecule has 1 aliphatic carbocycles. The SMILES string of the molecule is CCC1(C(=O)c2c[nH]c3c([N+](=O)[O-])cccc23)CCCC1. The molecule has 0 bridgehead atoms. The van der Waals surface area contributed by atoms with Gasteiger partial charge in [0.1, 0.15) is 5.52 Å². The summed E-state index contributed by atoms with van der Waals surface area (Å²) in [5.41, 5.74) is 0.774. The molecular weight excluding hydrogens is 268 g/mol. The Bertz CT molecular complexity index is 711. The lowest BCUT2D eigenvalue weighted by atomic mass is 9.76. The van der Waals surface area contributed by atoms with Gasteiger partial charge in [-0.15, -0.1) is 0 Å². The number of hydrogen-bond donors (Lipinski definition) is 1. The average molecular weight is 286 g/mol. The first kappa shape index (κ1) is 13.8. The highest BCUT2D eigenvalue weighted by Gasteiger charge is 2.40.